The SMILES string of the molecule is CCOc1ncccc1[C@]1(NC(=O)C2CC3(CNC3)C2)C(=O)N(S(=O)(=O)c2ccc(OC)cc2OC)c2ccc(C#N)cc21. The number of nitriles is 1. The van der Waals surface area contributed by atoms with Crippen molar-refractivity contribution in [3.63, 3.8) is 0 Å². The van der Waals surface area contributed by atoms with E-state index in [2.05, 4.69) is 21.7 Å². The van der Waals surface area contributed by atoms with Gasteiger partial charge in [-0.05, 0) is 67.6 Å². The maximum atomic E-state index is 14.9. The van der Waals surface area contributed by atoms with Crippen molar-refractivity contribution in [2.45, 2.75) is 30.2 Å². The molecule has 2 N–H and O–H groups in total. The topological polar surface area (TPSA) is 160 Å². The fraction of sp³-hybridized carbons (Fsp3) is 0.355. The molecule has 1 saturated carbocycles. The standard InChI is InChI=1S/C31H31N5O7S/c1-4-43-28-22(6-5-11-34-28)31(35-27(37)20-14-30(15-20)17-33-18-30)23-12-19(16-32)7-9-24(23)36(29(31)38)44(39,40)26-10-8-21(41-2)13-25(26)42-3/h5-13,20,33H,4,14-15,17-18H2,1-3H3,(H,35,37)/t31-/m1/s1. The lowest BCUT2D eigenvalue weighted by Crippen LogP contribution is -2.64. The molecular formula is C31H31N5O7S. The molecular weight excluding hydrogens is 586 g/mol. The van der Waals surface area contributed by atoms with E-state index in [1.807, 2.05) is 0 Å². The molecule has 3 aliphatic rings. The van der Waals surface area contributed by atoms with Crippen LogP contribution in [0.2, 0.25) is 0 Å². The Bertz CT molecular complexity index is 1810. The van der Waals surface area contributed by atoms with E-state index in [1.54, 1.807) is 19.1 Å². The summed E-state index contributed by atoms with van der Waals surface area (Å²) in [7, 11) is -1.91. The zero-order chi connectivity index (χ0) is 31.3. The van der Waals surface area contributed by atoms with E-state index in [0.29, 0.717) is 22.9 Å². The van der Waals surface area contributed by atoms with Gasteiger partial charge in [0.15, 0.2) is 5.54 Å². The quantitative estimate of drug-likeness (QED) is 0.365. The van der Waals surface area contributed by atoms with Crippen molar-refractivity contribution in [2.75, 3.05) is 38.2 Å². The van der Waals surface area contributed by atoms with E-state index in [4.69, 9.17) is 14.2 Å². The number of methoxy groups -OCH3 is 2. The maximum Gasteiger partial charge on any atom is 0.276 e. The number of nitrogens with zero attached hydrogens (tertiary/aromatic N) is 3. The minimum absolute atomic E-state index is 0.0215. The predicted molar refractivity (Wildman–Crippen MR) is 158 cm³/mol. The lowest BCUT2D eigenvalue weighted by atomic mass is 9.58. The van der Waals surface area contributed by atoms with E-state index in [-0.39, 0.29) is 56.8 Å². The number of aromatic nitrogens is 1. The number of fused-ring (bicyclic) bond motifs is 1. The van der Waals surface area contributed by atoms with Crippen molar-refractivity contribution in [2.24, 2.45) is 11.3 Å². The monoisotopic (exact) mass is 617 g/mol. The highest BCUT2D eigenvalue weighted by Crippen LogP contribution is 2.52. The van der Waals surface area contributed by atoms with Crippen LogP contribution in [0.5, 0.6) is 17.4 Å². The molecule has 2 aromatic carbocycles. The Morgan fingerprint density at radius 1 is 1.14 bits per heavy atom. The van der Waals surface area contributed by atoms with Gasteiger partial charge in [-0.2, -0.15) is 9.57 Å². The van der Waals surface area contributed by atoms with Crippen LogP contribution in [0.3, 0.4) is 0 Å². The lowest BCUT2D eigenvalue weighted by molar-refractivity contribution is -0.139. The van der Waals surface area contributed by atoms with Crippen LogP contribution in [0.4, 0.5) is 5.69 Å². The molecule has 1 saturated heterocycles. The Hall–Kier alpha value is -4.67. The first-order valence-corrected chi connectivity index (χ1v) is 15.6. The molecule has 228 valence electrons. The van der Waals surface area contributed by atoms with Crippen LogP contribution in [0.15, 0.2) is 59.6 Å². The number of carbonyl (C=O) groups excluding carboxylic acids is 2. The van der Waals surface area contributed by atoms with Gasteiger partial charge in [0.05, 0.1) is 43.7 Å². The molecule has 44 heavy (non-hydrogen) atoms. The molecule has 1 aliphatic carbocycles. The molecule has 2 aliphatic heterocycles. The van der Waals surface area contributed by atoms with E-state index in [9.17, 15) is 23.3 Å². The summed E-state index contributed by atoms with van der Waals surface area (Å²) < 4.78 is 46.0. The second-order valence-electron chi connectivity index (χ2n) is 11.2. The Labute approximate surface area is 255 Å². The number of hydrogen-bond donors (Lipinski definition) is 2. The molecule has 0 unspecified atom stereocenters. The van der Waals surface area contributed by atoms with Gasteiger partial charge < -0.3 is 24.8 Å². The molecule has 1 aromatic heterocycles. The summed E-state index contributed by atoms with van der Waals surface area (Å²) in [4.78, 5) is 32.9. The number of anilines is 1. The third kappa shape index (κ3) is 4.36. The van der Waals surface area contributed by atoms with Gasteiger partial charge in [-0.15, -0.1) is 0 Å². The van der Waals surface area contributed by atoms with Crippen molar-refractivity contribution < 1.29 is 32.2 Å². The molecule has 2 fully saturated rings. The Balaban J connectivity index is 1.56. The summed E-state index contributed by atoms with van der Waals surface area (Å²) in [5, 5.41) is 16.0. The number of hydrogen-bond acceptors (Lipinski definition) is 10. The van der Waals surface area contributed by atoms with Crippen molar-refractivity contribution in [1.82, 2.24) is 15.6 Å². The molecule has 1 atom stereocenters. The fourth-order valence-electron chi connectivity index (χ4n) is 6.39. The van der Waals surface area contributed by atoms with Crippen molar-refractivity contribution >= 4 is 27.5 Å². The Morgan fingerprint density at radius 3 is 2.55 bits per heavy atom. The summed E-state index contributed by atoms with van der Waals surface area (Å²) in [6.45, 7) is 3.58. The van der Waals surface area contributed by atoms with Gasteiger partial charge >= 0.3 is 0 Å². The molecule has 12 nitrogen and oxygen atoms in total. The van der Waals surface area contributed by atoms with Gasteiger partial charge in [-0.3, -0.25) is 9.59 Å². The second kappa shape index (κ2) is 10.8. The van der Waals surface area contributed by atoms with E-state index < -0.39 is 27.4 Å². The van der Waals surface area contributed by atoms with Gasteiger partial charge in [0, 0.05) is 36.8 Å². The van der Waals surface area contributed by atoms with Gasteiger partial charge in [-0.1, -0.05) is 0 Å². The number of amides is 2. The van der Waals surface area contributed by atoms with Crippen LogP contribution in [0.1, 0.15) is 36.5 Å². The summed E-state index contributed by atoms with van der Waals surface area (Å²) in [5.41, 5.74) is -1.61. The first-order valence-electron chi connectivity index (χ1n) is 14.1. The third-order valence-electron chi connectivity index (χ3n) is 8.64. The summed E-state index contributed by atoms with van der Waals surface area (Å²) in [6, 6.07) is 13.6. The summed E-state index contributed by atoms with van der Waals surface area (Å²) in [5.74, 6) is -1.40. The Morgan fingerprint density at radius 2 is 1.91 bits per heavy atom. The van der Waals surface area contributed by atoms with E-state index in [1.165, 1.54) is 56.8 Å². The summed E-state index contributed by atoms with van der Waals surface area (Å²) in [6.07, 6.45) is 2.75. The van der Waals surface area contributed by atoms with Crippen LogP contribution in [-0.2, 0) is 25.2 Å². The molecule has 6 rings (SSSR count). The highest BCUT2D eigenvalue weighted by Gasteiger charge is 2.60. The van der Waals surface area contributed by atoms with Gasteiger partial charge in [0.25, 0.3) is 15.9 Å². The first kappa shape index (κ1) is 29.4. The maximum absolute atomic E-state index is 14.9. The Kier molecular flexibility index (Phi) is 7.22. The highest BCUT2D eigenvalue weighted by atomic mass is 32.2. The van der Waals surface area contributed by atoms with Crippen LogP contribution in [0.25, 0.3) is 0 Å². The fourth-order valence-corrected chi connectivity index (χ4v) is 7.99. The largest absolute Gasteiger partial charge is 0.497 e. The van der Waals surface area contributed by atoms with Crippen LogP contribution < -0.4 is 29.1 Å². The number of nitrogens with one attached hydrogen (secondary N) is 2. The lowest BCUT2D eigenvalue weighted by Gasteiger charge is -2.54. The molecule has 2 amide bonds. The number of ether oxygens (including phenoxy) is 3. The van der Waals surface area contributed by atoms with Gasteiger partial charge in [0.1, 0.15) is 16.4 Å². The number of rotatable bonds is 9. The molecule has 1 spiro atoms. The number of pyridine rings is 1. The van der Waals surface area contributed by atoms with Crippen LogP contribution in [-0.4, -0.2) is 59.1 Å². The molecule has 3 aromatic rings. The molecule has 0 bridgehead atoms. The summed E-state index contributed by atoms with van der Waals surface area (Å²) >= 11 is 0. The molecule has 3 heterocycles. The van der Waals surface area contributed by atoms with E-state index >= 15 is 0 Å². The predicted octanol–water partition coefficient (Wildman–Crippen LogP) is 2.46. The average molecular weight is 618 g/mol. The number of sulfonamides is 1. The smallest absolute Gasteiger partial charge is 0.276 e. The average Bonchev–Trinajstić information content (AvgIpc) is 3.23. The normalized spacial score (nSPS) is 20.2. The number of carbonyl (C=O) groups is 2. The van der Waals surface area contributed by atoms with E-state index in [0.717, 1.165) is 13.1 Å². The van der Waals surface area contributed by atoms with Crippen molar-refractivity contribution in [3.05, 3.63) is 71.4 Å². The van der Waals surface area contributed by atoms with Crippen LogP contribution >= 0.6 is 0 Å². The number of benzene rings is 2. The zero-order valence-electron chi connectivity index (χ0n) is 24.4. The van der Waals surface area contributed by atoms with Crippen LogP contribution in [0, 0.1) is 22.7 Å². The molecule has 13 heteroatoms. The zero-order valence-corrected chi connectivity index (χ0v) is 25.2. The van der Waals surface area contributed by atoms with Gasteiger partial charge in [0.2, 0.25) is 11.8 Å². The molecule has 0 radical (unpaired) electrons. The first-order chi connectivity index (χ1) is 21.1. The third-order valence-corrected chi connectivity index (χ3v) is 10.4. The van der Waals surface area contributed by atoms with Crippen molar-refractivity contribution in [1.29, 1.82) is 5.26 Å². The van der Waals surface area contributed by atoms with Gasteiger partial charge in [-0.25, -0.2) is 13.4 Å². The minimum Gasteiger partial charge on any atom is -0.497 e. The second-order valence-corrected chi connectivity index (χ2v) is 12.9. The highest BCUT2D eigenvalue weighted by molar-refractivity contribution is 7.93. The minimum atomic E-state index is -4.65. The van der Waals surface area contributed by atoms with Crippen molar-refractivity contribution in [3.8, 4) is 23.4 Å².